The van der Waals surface area contributed by atoms with Crippen LogP contribution in [0.15, 0.2) is 23.2 Å². The third-order valence-corrected chi connectivity index (χ3v) is 6.16. The molecule has 0 unspecified atom stereocenters. The van der Waals surface area contributed by atoms with Gasteiger partial charge in [0.15, 0.2) is 27.3 Å². The maximum absolute atomic E-state index is 12.8. The molecule has 1 rings (SSSR count). The molecule has 168 valence electrons. The molecule has 29 heavy (non-hydrogen) atoms. The maximum atomic E-state index is 12.8. The Hall–Kier alpha value is -1.37. The van der Waals surface area contributed by atoms with E-state index < -0.39 is 21.2 Å². The van der Waals surface area contributed by atoms with Gasteiger partial charge in [-0.25, -0.2) is 13.4 Å². The Labute approximate surface area is 188 Å². The van der Waals surface area contributed by atoms with Gasteiger partial charge in [-0.05, 0) is 33.8 Å². The number of guanidine groups is 1. The number of sulfone groups is 1. The average molecular weight is 549 g/mol. The van der Waals surface area contributed by atoms with Crippen LogP contribution in [-0.4, -0.2) is 51.7 Å². The minimum Gasteiger partial charge on any atom is -0.490 e. The van der Waals surface area contributed by atoms with Gasteiger partial charge in [0.1, 0.15) is 0 Å². The molecule has 0 fully saturated rings. The number of rotatable bonds is 10. The van der Waals surface area contributed by atoms with E-state index in [1.54, 1.807) is 39.0 Å². The molecule has 7 nitrogen and oxygen atoms in total. The Bertz CT molecular complexity index is 774. The SMILES string of the molecule is CCNC(=NCc1cccc(OCC)c1OC(F)F)NCC(C)(C)S(C)(=O)=O.I. The van der Waals surface area contributed by atoms with Crippen LogP contribution in [0.4, 0.5) is 8.78 Å². The van der Waals surface area contributed by atoms with Gasteiger partial charge in [-0.2, -0.15) is 8.78 Å². The quantitative estimate of drug-likeness (QED) is 0.265. The van der Waals surface area contributed by atoms with Crippen molar-refractivity contribution in [3.8, 4) is 11.5 Å². The normalized spacial score (nSPS) is 12.3. The number of nitrogens with zero attached hydrogens (tertiary/aromatic N) is 1. The summed E-state index contributed by atoms with van der Waals surface area (Å²) in [5.74, 6) is 0.520. The van der Waals surface area contributed by atoms with Crippen molar-refractivity contribution in [2.24, 2.45) is 4.99 Å². The Morgan fingerprint density at radius 2 is 1.90 bits per heavy atom. The van der Waals surface area contributed by atoms with Gasteiger partial charge in [-0.3, -0.25) is 0 Å². The van der Waals surface area contributed by atoms with Crippen LogP contribution >= 0.6 is 24.0 Å². The van der Waals surface area contributed by atoms with E-state index in [0.717, 1.165) is 0 Å². The number of ether oxygens (including phenoxy) is 2. The topological polar surface area (TPSA) is 89.0 Å². The molecule has 0 spiro atoms. The van der Waals surface area contributed by atoms with E-state index in [9.17, 15) is 17.2 Å². The molecule has 0 aliphatic rings. The predicted octanol–water partition coefficient (Wildman–Crippen LogP) is 3.18. The minimum atomic E-state index is -3.28. The van der Waals surface area contributed by atoms with Crippen LogP contribution in [0.5, 0.6) is 11.5 Å². The average Bonchev–Trinajstić information content (AvgIpc) is 2.58. The maximum Gasteiger partial charge on any atom is 0.387 e. The van der Waals surface area contributed by atoms with Gasteiger partial charge in [0.2, 0.25) is 0 Å². The van der Waals surface area contributed by atoms with Crippen LogP contribution in [0.2, 0.25) is 0 Å². The summed E-state index contributed by atoms with van der Waals surface area (Å²) in [6, 6.07) is 4.83. The highest BCUT2D eigenvalue weighted by Crippen LogP contribution is 2.33. The fourth-order valence-electron chi connectivity index (χ4n) is 2.11. The number of aliphatic imine (C=N–C) groups is 1. The van der Waals surface area contributed by atoms with Gasteiger partial charge < -0.3 is 20.1 Å². The Kier molecular flexibility index (Phi) is 11.8. The van der Waals surface area contributed by atoms with E-state index in [0.29, 0.717) is 24.7 Å². The fourth-order valence-corrected chi connectivity index (χ4v) is 2.45. The van der Waals surface area contributed by atoms with Gasteiger partial charge in [-0.15, -0.1) is 24.0 Å². The smallest absolute Gasteiger partial charge is 0.387 e. The summed E-state index contributed by atoms with van der Waals surface area (Å²) in [5, 5.41) is 5.98. The fraction of sp³-hybridized carbons (Fsp3) is 0.611. The first-order chi connectivity index (χ1) is 13.0. The van der Waals surface area contributed by atoms with Crippen molar-refractivity contribution >= 4 is 39.8 Å². The zero-order valence-electron chi connectivity index (χ0n) is 17.3. The summed E-state index contributed by atoms with van der Waals surface area (Å²) < 4.78 is 58.3. The zero-order chi connectivity index (χ0) is 21.4. The zero-order valence-corrected chi connectivity index (χ0v) is 20.4. The molecule has 0 radical (unpaired) electrons. The molecule has 0 saturated carbocycles. The molecule has 0 bridgehead atoms. The first kappa shape index (κ1) is 27.6. The lowest BCUT2D eigenvalue weighted by atomic mass is 10.2. The van der Waals surface area contributed by atoms with E-state index in [1.165, 1.54) is 6.26 Å². The largest absolute Gasteiger partial charge is 0.490 e. The van der Waals surface area contributed by atoms with Crippen LogP contribution in [0.25, 0.3) is 0 Å². The van der Waals surface area contributed by atoms with Crippen LogP contribution < -0.4 is 20.1 Å². The van der Waals surface area contributed by atoms with Crippen molar-refractivity contribution < 1.29 is 26.7 Å². The summed E-state index contributed by atoms with van der Waals surface area (Å²) in [5.41, 5.74) is 0.422. The van der Waals surface area contributed by atoms with Crippen molar-refractivity contribution in [1.29, 1.82) is 0 Å². The van der Waals surface area contributed by atoms with Crippen molar-refractivity contribution in [2.75, 3.05) is 26.0 Å². The van der Waals surface area contributed by atoms with Gasteiger partial charge in [0.25, 0.3) is 0 Å². The van der Waals surface area contributed by atoms with E-state index in [4.69, 9.17) is 4.74 Å². The second-order valence-electron chi connectivity index (χ2n) is 6.64. The molecular formula is C18H30F2IN3O4S. The first-order valence-electron chi connectivity index (χ1n) is 8.93. The lowest BCUT2D eigenvalue weighted by Crippen LogP contribution is -2.47. The molecule has 11 heteroatoms. The van der Waals surface area contributed by atoms with E-state index in [-0.39, 0.29) is 48.6 Å². The second kappa shape index (κ2) is 12.4. The number of benzene rings is 1. The van der Waals surface area contributed by atoms with E-state index in [2.05, 4.69) is 20.4 Å². The van der Waals surface area contributed by atoms with Gasteiger partial charge in [0, 0.05) is 24.9 Å². The van der Waals surface area contributed by atoms with Crippen LogP contribution in [0.3, 0.4) is 0 Å². The number of alkyl halides is 2. The summed E-state index contributed by atoms with van der Waals surface area (Å²) >= 11 is 0. The van der Waals surface area contributed by atoms with E-state index >= 15 is 0 Å². The molecule has 1 aromatic carbocycles. The second-order valence-corrected chi connectivity index (χ2v) is 9.29. The first-order valence-corrected chi connectivity index (χ1v) is 10.8. The molecule has 0 aliphatic carbocycles. The molecule has 1 aromatic rings. The highest BCUT2D eigenvalue weighted by atomic mass is 127. The summed E-state index contributed by atoms with van der Waals surface area (Å²) in [7, 11) is -3.28. The number of nitrogens with one attached hydrogen (secondary N) is 2. The van der Waals surface area contributed by atoms with Crippen molar-refractivity contribution in [3.05, 3.63) is 23.8 Å². The van der Waals surface area contributed by atoms with Crippen molar-refractivity contribution in [3.63, 3.8) is 0 Å². The van der Waals surface area contributed by atoms with Gasteiger partial charge >= 0.3 is 6.61 Å². The van der Waals surface area contributed by atoms with Crippen LogP contribution in [-0.2, 0) is 16.4 Å². The summed E-state index contributed by atoms with van der Waals surface area (Å²) in [4.78, 5) is 4.36. The van der Waals surface area contributed by atoms with E-state index in [1.807, 2.05) is 6.92 Å². The molecule has 2 N–H and O–H groups in total. The number of hydrogen-bond acceptors (Lipinski definition) is 5. The van der Waals surface area contributed by atoms with Gasteiger partial charge in [0.05, 0.1) is 17.9 Å². The van der Waals surface area contributed by atoms with Crippen LogP contribution in [0.1, 0.15) is 33.3 Å². The summed E-state index contributed by atoms with van der Waals surface area (Å²) in [6.45, 7) is 4.85. The highest BCUT2D eigenvalue weighted by Gasteiger charge is 2.30. The molecule has 0 amide bonds. The van der Waals surface area contributed by atoms with Crippen molar-refractivity contribution in [2.45, 2.75) is 45.6 Å². The minimum absolute atomic E-state index is 0. The molecular weight excluding hydrogens is 519 g/mol. The standard InChI is InChI=1S/C18H29F2N3O4S.HI/c1-6-21-17(23-12-18(3,4)28(5,24)25)22-11-13-9-8-10-14(26-7-2)15(13)27-16(19)20;/h8-10,16H,6-7,11-12H2,1-5H3,(H2,21,22,23);1H. The molecule has 0 aromatic heterocycles. The number of halogens is 3. The molecule has 0 atom stereocenters. The molecule has 0 aliphatic heterocycles. The number of para-hydroxylation sites is 1. The Morgan fingerprint density at radius 1 is 1.24 bits per heavy atom. The number of hydrogen-bond donors (Lipinski definition) is 2. The Balaban J connectivity index is 0.00000784. The van der Waals surface area contributed by atoms with Crippen LogP contribution in [0, 0.1) is 0 Å². The van der Waals surface area contributed by atoms with Gasteiger partial charge in [-0.1, -0.05) is 12.1 Å². The third-order valence-electron chi connectivity index (χ3n) is 4.00. The monoisotopic (exact) mass is 549 g/mol. The summed E-state index contributed by atoms with van der Waals surface area (Å²) in [6.07, 6.45) is 1.17. The Morgan fingerprint density at radius 3 is 2.41 bits per heavy atom. The lowest BCUT2D eigenvalue weighted by Gasteiger charge is -2.24. The highest BCUT2D eigenvalue weighted by molar-refractivity contribution is 14.0. The predicted molar refractivity (Wildman–Crippen MR) is 121 cm³/mol. The molecule has 0 heterocycles. The third kappa shape index (κ3) is 8.89. The van der Waals surface area contributed by atoms with Crippen molar-refractivity contribution in [1.82, 2.24) is 10.6 Å². The molecule has 0 saturated heterocycles. The lowest BCUT2D eigenvalue weighted by molar-refractivity contribution is -0.0520.